The van der Waals surface area contributed by atoms with Crippen molar-refractivity contribution in [3.63, 3.8) is 0 Å². The predicted octanol–water partition coefficient (Wildman–Crippen LogP) is 0.0870. The van der Waals surface area contributed by atoms with Crippen molar-refractivity contribution >= 4 is 21.8 Å². The van der Waals surface area contributed by atoms with Gasteiger partial charge in [0.1, 0.15) is 11.9 Å². The Kier molecular flexibility index (Phi) is 6.64. The van der Waals surface area contributed by atoms with E-state index in [1.165, 1.54) is 14.0 Å². The first-order valence-corrected chi connectivity index (χ1v) is 8.41. The number of carbonyl (C=O) groups excluding carboxylic acids is 2. The molecule has 0 saturated heterocycles. The fourth-order valence-corrected chi connectivity index (χ4v) is 2.88. The number of amides is 2. The van der Waals surface area contributed by atoms with Crippen molar-refractivity contribution in [3.05, 3.63) is 30.1 Å². The van der Waals surface area contributed by atoms with Crippen LogP contribution in [0.4, 0.5) is 4.39 Å². The van der Waals surface area contributed by atoms with Crippen LogP contribution in [0.5, 0.6) is 0 Å². The van der Waals surface area contributed by atoms with Crippen molar-refractivity contribution in [2.75, 3.05) is 20.1 Å². The second-order valence-electron chi connectivity index (χ2n) is 4.90. The van der Waals surface area contributed by atoms with Gasteiger partial charge in [-0.2, -0.15) is 4.31 Å². The average Bonchev–Trinajstić information content (AvgIpc) is 2.47. The molecule has 0 radical (unpaired) electrons. The highest BCUT2D eigenvalue weighted by molar-refractivity contribution is 7.89. The van der Waals surface area contributed by atoms with E-state index in [1.54, 1.807) is 6.92 Å². The summed E-state index contributed by atoms with van der Waals surface area (Å²) in [7, 11) is -2.68. The summed E-state index contributed by atoms with van der Waals surface area (Å²) in [4.78, 5) is 23.2. The van der Waals surface area contributed by atoms with Crippen molar-refractivity contribution in [3.8, 4) is 0 Å². The molecule has 0 heterocycles. The van der Waals surface area contributed by atoms with Gasteiger partial charge in [0.25, 0.3) is 0 Å². The van der Waals surface area contributed by atoms with E-state index in [1.807, 2.05) is 0 Å². The molecule has 9 heteroatoms. The molecule has 0 aliphatic carbocycles. The third-order valence-corrected chi connectivity index (χ3v) is 4.83. The molecule has 128 valence electrons. The Balaban J connectivity index is 2.70. The van der Waals surface area contributed by atoms with E-state index in [0.717, 1.165) is 28.6 Å². The second-order valence-corrected chi connectivity index (χ2v) is 6.94. The van der Waals surface area contributed by atoms with Crippen LogP contribution in [0, 0.1) is 5.82 Å². The highest BCUT2D eigenvalue weighted by Crippen LogP contribution is 2.14. The summed E-state index contributed by atoms with van der Waals surface area (Å²) in [6.45, 7) is 3.22. The molecule has 0 aliphatic heterocycles. The van der Waals surface area contributed by atoms with Gasteiger partial charge in [-0.25, -0.2) is 12.8 Å². The molecule has 0 unspecified atom stereocenters. The van der Waals surface area contributed by atoms with Gasteiger partial charge >= 0.3 is 0 Å². The Hall–Kier alpha value is -2.00. The lowest BCUT2D eigenvalue weighted by Gasteiger charge is -2.19. The molecule has 1 aromatic carbocycles. The molecule has 0 saturated carbocycles. The molecule has 0 spiro atoms. The van der Waals surface area contributed by atoms with Crippen molar-refractivity contribution in [2.45, 2.75) is 24.8 Å². The second kappa shape index (κ2) is 8.02. The number of nitrogens with zero attached hydrogens (tertiary/aromatic N) is 1. The van der Waals surface area contributed by atoms with Crippen molar-refractivity contribution in [2.24, 2.45) is 0 Å². The molecule has 2 N–H and O–H groups in total. The van der Waals surface area contributed by atoms with E-state index in [2.05, 4.69) is 10.6 Å². The van der Waals surface area contributed by atoms with Crippen LogP contribution in [-0.4, -0.2) is 50.7 Å². The van der Waals surface area contributed by atoms with Gasteiger partial charge in [0.05, 0.1) is 11.4 Å². The van der Waals surface area contributed by atoms with Crippen LogP contribution in [0.2, 0.25) is 0 Å². The summed E-state index contributed by atoms with van der Waals surface area (Å²) in [5.41, 5.74) is 0. The molecule has 2 amide bonds. The van der Waals surface area contributed by atoms with Crippen LogP contribution < -0.4 is 10.6 Å². The van der Waals surface area contributed by atoms with Crippen LogP contribution in [0.1, 0.15) is 13.8 Å². The predicted molar refractivity (Wildman–Crippen MR) is 82.5 cm³/mol. The highest BCUT2D eigenvalue weighted by Gasteiger charge is 2.24. The lowest BCUT2D eigenvalue weighted by molar-refractivity contribution is -0.128. The first-order chi connectivity index (χ1) is 10.7. The van der Waals surface area contributed by atoms with Crippen LogP contribution in [0.3, 0.4) is 0 Å². The van der Waals surface area contributed by atoms with Gasteiger partial charge < -0.3 is 10.6 Å². The van der Waals surface area contributed by atoms with Crippen LogP contribution in [0.25, 0.3) is 0 Å². The summed E-state index contributed by atoms with van der Waals surface area (Å²) in [5.74, 6) is -1.53. The third kappa shape index (κ3) is 5.29. The highest BCUT2D eigenvalue weighted by atomic mass is 32.2. The summed E-state index contributed by atoms with van der Waals surface area (Å²) in [6.07, 6.45) is 0. The van der Waals surface area contributed by atoms with Gasteiger partial charge in [-0.05, 0) is 38.1 Å². The zero-order valence-corrected chi connectivity index (χ0v) is 14.0. The normalized spacial score (nSPS) is 12.7. The summed E-state index contributed by atoms with van der Waals surface area (Å²) < 4.78 is 38.2. The number of hydrogen-bond donors (Lipinski definition) is 2. The van der Waals surface area contributed by atoms with Gasteiger partial charge in [-0.15, -0.1) is 0 Å². The van der Waals surface area contributed by atoms with Crippen molar-refractivity contribution in [1.82, 2.24) is 14.9 Å². The molecular formula is C14H20FN3O4S. The molecule has 0 fully saturated rings. The minimum atomic E-state index is -3.91. The molecule has 1 aromatic rings. The molecule has 1 atom stereocenters. The van der Waals surface area contributed by atoms with E-state index < -0.39 is 34.3 Å². The Bertz CT molecular complexity index is 661. The number of rotatable bonds is 7. The lowest BCUT2D eigenvalue weighted by atomic mass is 10.3. The molecule has 1 rings (SSSR count). The number of carbonyl (C=O) groups is 2. The SMILES string of the molecule is CCNC(=O)[C@@H](C)NC(=O)CN(C)S(=O)(=O)c1ccc(F)cc1. The zero-order chi connectivity index (χ0) is 17.6. The molecule has 23 heavy (non-hydrogen) atoms. The van der Waals surface area contributed by atoms with Crippen LogP contribution in [0.15, 0.2) is 29.2 Å². The minimum Gasteiger partial charge on any atom is -0.355 e. The quantitative estimate of drug-likeness (QED) is 0.732. The first kappa shape index (κ1) is 19.0. The van der Waals surface area contributed by atoms with Gasteiger partial charge in [0.2, 0.25) is 21.8 Å². The van der Waals surface area contributed by atoms with Gasteiger partial charge in [0, 0.05) is 13.6 Å². The maximum atomic E-state index is 12.9. The molecule has 0 aliphatic rings. The Morgan fingerprint density at radius 3 is 2.35 bits per heavy atom. The van der Waals surface area contributed by atoms with E-state index in [4.69, 9.17) is 0 Å². The van der Waals surface area contributed by atoms with Crippen molar-refractivity contribution < 1.29 is 22.4 Å². The maximum Gasteiger partial charge on any atom is 0.243 e. The monoisotopic (exact) mass is 345 g/mol. The first-order valence-electron chi connectivity index (χ1n) is 6.97. The molecular weight excluding hydrogens is 325 g/mol. The van der Waals surface area contributed by atoms with E-state index in [-0.39, 0.29) is 10.8 Å². The minimum absolute atomic E-state index is 0.119. The Morgan fingerprint density at radius 2 is 1.83 bits per heavy atom. The van der Waals surface area contributed by atoms with Crippen LogP contribution in [-0.2, 0) is 19.6 Å². The largest absolute Gasteiger partial charge is 0.355 e. The fraction of sp³-hybridized carbons (Fsp3) is 0.429. The topological polar surface area (TPSA) is 95.6 Å². The molecule has 0 bridgehead atoms. The summed E-state index contributed by atoms with van der Waals surface area (Å²) in [6, 6.07) is 3.52. The lowest BCUT2D eigenvalue weighted by Crippen LogP contribution is -2.48. The number of sulfonamides is 1. The standard InChI is InChI=1S/C14H20FN3O4S/c1-4-16-14(20)10(2)17-13(19)9-18(3)23(21,22)12-7-5-11(15)6-8-12/h5-8,10H,4,9H2,1-3H3,(H,16,20)(H,17,19)/t10-/m1/s1. The number of likely N-dealkylation sites (N-methyl/N-ethyl adjacent to an activating group) is 2. The van der Waals surface area contributed by atoms with Gasteiger partial charge in [0.15, 0.2) is 0 Å². The number of halogens is 1. The Labute approximate surface area is 134 Å². The van der Waals surface area contributed by atoms with Crippen LogP contribution >= 0.6 is 0 Å². The van der Waals surface area contributed by atoms with E-state index >= 15 is 0 Å². The zero-order valence-electron chi connectivity index (χ0n) is 13.2. The fourth-order valence-electron chi connectivity index (χ4n) is 1.75. The third-order valence-electron chi connectivity index (χ3n) is 3.01. The molecule has 7 nitrogen and oxygen atoms in total. The van der Waals surface area contributed by atoms with E-state index in [9.17, 15) is 22.4 Å². The number of benzene rings is 1. The van der Waals surface area contributed by atoms with Crippen molar-refractivity contribution in [1.29, 1.82) is 0 Å². The maximum absolute atomic E-state index is 12.9. The summed E-state index contributed by atoms with van der Waals surface area (Å²) >= 11 is 0. The van der Waals surface area contributed by atoms with E-state index in [0.29, 0.717) is 6.54 Å². The smallest absolute Gasteiger partial charge is 0.243 e. The Morgan fingerprint density at radius 1 is 1.26 bits per heavy atom. The van der Waals surface area contributed by atoms with Gasteiger partial charge in [-0.1, -0.05) is 0 Å². The van der Waals surface area contributed by atoms with Gasteiger partial charge in [-0.3, -0.25) is 9.59 Å². The number of hydrogen-bond acceptors (Lipinski definition) is 4. The average molecular weight is 345 g/mol. The number of nitrogens with one attached hydrogen (secondary N) is 2. The molecule has 0 aromatic heterocycles. The summed E-state index contributed by atoms with van der Waals surface area (Å²) in [5, 5.41) is 4.96.